The molecule has 0 spiro atoms. The van der Waals surface area contributed by atoms with Crippen molar-refractivity contribution in [3.05, 3.63) is 64.2 Å². The van der Waals surface area contributed by atoms with Crippen molar-refractivity contribution >= 4 is 21.4 Å². The lowest BCUT2D eigenvalue weighted by atomic mass is 9.94. The molecule has 0 aliphatic heterocycles. The maximum absolute atomic E-state index is 14.5. The molecule has 1 aliphatic rings. The highest BCUT2D eigenvalue weighted by atomic mass is 32.1. The molecule has 0 atom stereocenters. The van der Waals surface area contributed by atoms with Crippen LogP contribution in [-0.4, -0.2) is 12.2 Å². The Kier molecular flexibility index (Phi) is 8.29. The van der Waals surface area contributed by atoms with Gasteiger partial charge in [0.2, 0.25) is 5.82 Å². The molecule has 162 valence electrons. The summed E-state index contributed by atoms with van der Waals surface area (Å²) in [4.78, 5) is 0.674. The van der Waals surface area contributed by atoms with Crippen LogP contribution < -0.4 is 4.74 Å². The van der Waals surface area contributed by atoms with E-state index in [1.807, 2.05) is 13.8 Å². The first-order valence-electron chi connectivity index (χ1n) is 9.60. The van der Waals surface area contributed by atoms with Crippen molar-refractivity contribution < 1.29 is 27.4 Å². The molecule has 1 fully saturated rings. The Labute approximate surface area is 177 Å². The van der Waals surface area contributed by atoms with Crippen LogP contribution in [0.5, 0.6) is 5.75 Å². The summed E-state index contributed by atoms with van der Waals surface area (Å²) in [6.07, 6.45) is 4.74. The summed E-state index contributed by atoms with van der Waals surface area (Å²) in [5, 5.41) is 8.80. The van der Waals surface area contributed by atoms with E-state index in [-0.39, 0.29) is 5.56 Å². The van der Waals surface area contributed by atoms with Crippen LogP contribution in [0.2, 0.25) is 0 Å². The van der Waals surface area contributed by atoms with Crippen LogP contribution in [0, 0.1) is 30.2 Å². The molecular formula is C23H24F4O2S. The second kappa shape index (κ2) is 10.5. The summed E-state index contributed by atoms with van der Waals surface area (Å²) in [6, 6.07) is 4.86. The molecule has 3 aromatic rings. The Balaban J connectivity index is 0.000000340. The van der Waals surface area contributed by atoms with Gasteiger partial charge in [0.1, 0.15) is 5.82 Å². The lowest BCUT2D eigenvalue weighted by molar-refractivity contribution is 0.347. The summed E-state index contributed by atoms with van der Waals surface area (Å²) in [5.41, 5.74) is 1.51. The Morgan fingerprint density at radius 2 is 1.70 bits per heavy atom. The molecule has 1 saturated carbocycles. The van der Waals surface area contributed by atoms with Crippen molar-refractivity contribution in [2.75, 3.05) is 7.11 Å². The Morgan fingerprint density at radius 1 is 1.03 bits per heavy atom. The fourth-order valence-electron chi connectivity index (χ4n) is 2.98. The number of halogens is 4. The smallest absolute Gasteiger partial charge is 0.203 e. The van der Waals surface area contributed by atoms with Crippen LogP contribution in [-0.2, 0) is 0 Å². The van der Waals surface area contributed by atoms with Crippen LogP contribution in [0.25, 0.3) is 21.2 Å². The topological polar surface area (TPSA) is 29.5 Å². The van der Waals surface area contributed by atoms with E-state index in [1.54, 1.807) is 6.92 Å². The zero-order valence-corrected chi connectivity index (χ0v) is 18.1. The third-order valence-electron chi connectivity index (χ3n) is 4.60. The first kappa shape index (κ1) is 23.7. The van der Waals surface area contributed by atoms with E-state index in [4.69, 9.17) is 5.11 Å². The maximum atomic E-state index is 14.5. The highest BCUT2D eigenvalue weighted by Gasteiger charge is 2.23. The first-order valence-corrected chi connectivity index (χ1v) is 10.4. The number of fused-ring (bicyclic) bond motifs is 1. The Hall–Kier alpha value is -2.54. The van der Waals surface area contributed by atoms with E-state index in [1.165, 1.54) is 47.8 Å². The van der Waals surface area contributed by atoms with E-state index in [2.05, 4.69) is 4.74 Å². The van der Waals surface area contributed by atoms with Crippen molar-refractivity contribution in [3.63, 3.8) is 0 Å². The van der Waals surface area contributed by atoms with Gasteiger partial charge in [0, 0.05) is 26.1 Å². The Morgan fingerprint density at radius 3 is 2.20 bits per heavy atom. The summed E-state index contributed by atoms with van der Waals surface area (Å²) in [6.45, 7) is 5.71. The van der Waals surface area contributed by atoms with E-state index >= 15 is 0 Å². The van der Waals surface area contributed by atoms with E-state index in [0.717, 1.165) is 26.0 Å². The third-order valence-corrected chi connectivity index (χ3v) is 5.66. The molecule has 30 heavy (non-hydrogen) atoms. The number of aryl methyl sites for hydroxylation is 1. The number of ether oxygens (including phenoxy) is 1. The molecule has 4 rings (SSSR count). The third kappa shape index (κ3) is 4.78. The summed E-state index contributed by atoms with van der Waals surface area (Å²) in [5.74, 6) is -4.73. The average Bonchev–Trinajstić information content (AvgIpc) is 3.01. The molecule has 0 amide bonds. The van der Waals surface area contributed by atoms with Crippen LogP contribution in [0.15, 0.2) is 36.1 Å². The zero-order chi connectivity index (χ0) is 22.4. The number of methoxy groups -OCH3 is 1. The summed E-state index contributed by atoms with van der Waals surface area (Å²) in [7, 11) is 1.07. The van der Waals surface area contributed by atoms with Gasteiger partial charge in [-0.15, -0.1) is 11.3 Å². The monoisotopic (exact) mass is 440 g/mol. The zero-order valence-electron chi connectivity index (χ0n) is 17.3. The number of hydrogen-bond acceptors (Lipinski definition) is 3. The number of thiophene rings is 1. The van der Waals surface area contributed by atoms with Crippen molar-refractivity contribution in [2.45, 2.75) is 40.0 Å². The van der Waals surface area contributed by atoms with Gasteiger partial charge >= 0.3 is 0 Å². The molecule has 1 heterocycles. The van der Waals surface area contributed by atoms with E-state index in [9.17, 15) is 17.6 Å². The molecule has 1 aliphatic carbocycles. The van der Waals surface area contributed by atoms with E-state index in [0.29, 0.717) is 20.5 Å². The molecule has 2 nitrogen and oxygen atoms in total. The molecule has 0 unspecified atom stereocenters. The van der Waals surface area contributed by atoms with Gasteiger partial charge in [-0.1, -0.05) is 13.8 Å². The molecule has 1 N–H and O–H groups in total. The molecule has 0 saturated heterocycles. The minimum atomic E-state index is -1.37. The lowest BCUT2D eigenvalue weighted by Crippen LogP contribution is -1.99. The standard InChI is InChI=1S/C16H10F4OS.C5H8O.C2H6/c1-7-13(9-4-3-8(17)5-12(9)22-7)10-6-11(18)15(20)16(21-2)14(10)19;6-4-5-2-1-3-5;1-2/h3-6H,1-2H3;4,6H,1-3H2;1-2H3. The highest BCUT2D eigenvalue weighted by molar-refractivity contribution is 7.19. The Bertz CT molecular complexity index is 1050. The molecule has 2 aromatic carbocycles. The number of hydrogen-bond donors (Lipinski definition) is 1. The van der Waals surface area contributed by atoms with E-state index < -0.39 is 29.0 Å². The number of benzene rings is 2. The van der Waals surface area contributed by atoms with Crippen molar-refractivity contribution in [1.82, 2.24) is 0 Å². The van der Waals surface area contributed by atoms with Crippen molar-refractivity contribution in [2.24, 2.45) is 0 Å². The van der Waals surface area contributed by atoms with Gasteiger partial charge < -0.3 is 9.84 Å². The quantitative estimate of drug-likeness (QED) is 0.248. The fraction of sp³-hybridized carbons (Fsp3) is 0.304. The normalized spacial score (nSPS) is 12.3. The average molecular weight is 441 g/mol. The van der Waals surface area contributed by atoms with Gasteiger partial charge in [0.15, 0.2) is 17.4 Å². The largest absolute Gasteiger partial charge is 0.516 e. The SMILES string of the molecule is CC.COc1c(F)c(F)cc(-c2c(C)sc3cc(F)ccc23)c1F.OC=C1CCC1. The second-order valence-electron chi connectivity index (χ2n) is 6.38. The van der Waals surface area contributed by atoms with Gasteiger partial charge in [0.05, 0.1) is 13.4 Å². The first-order chi connectivity index (χ1) is 14.4. The summed E-state index contributed by atoms with van der Waals surface area (Å²) >= 11 is 1.26. The molecule has 7 heteroatoms. The molecular weight excluding hydrogens is 416 g/mol. The highest BCUT2D eigenvalue weighted by Crippen LogP contribution is 2.42. The van der Waals surface area contributed by atoms with Crippen LogP contribution in [0.4, 0.5) is 17.6 Å². The maximum Gasteiger partial charge on any atom is 0.203 e. The second-order valence-corrected chi connectivity index (χ2v) is 7.64. The van der Waals surface area contributed by atoms with Gasteiger partial charge in [-0.2, -0.15) is 4.39 Å². The van der Waals surface area contributed by atoms with Crippen LogP contribution in [0.3, 0.4) is 0 Å². The van der Waals surface area contributed by atoms with Crippen LogP contribution >= 0.6 is 11.3 Å². The summed E-state index contributed by atoms with van der Waals surface area (Å²) < 4.78 is 60.3. The van der Waals surface area contributed by atoms with Gasteiger partial charge in [0.25, 0.3) is 0 Å². The fourth-order valence-corrected chi connectivity index (χ4v) is 4.08. The van der Waals surface area contributed by atoms with Gasteiger partial charge in [-0.05, 0) is 56.0 Å². The number of allylic oxidation sites excluding steroid dienone is 1. The van der Waals surface area contributed by atoms with Crippen molar-refractivity contribution in [3.8, 4) is 16.9 Å². The predicted octanol–water partition coefficient (Wildman–Crippen LogP) is 8.08. The number of aliphatic hydroxyl groups is 1. The van der Waals surface area contributed by atoms with Gasteiger partial charge in [-0.25, -0.2) is 13.2 Å². The minimum Gasteiger partial charge on any atom is -0.516 e. The number of aliphatic hydroxyl groups excluding tert-OH is 1. The lowest BCUT2D eigenvalue weighted by Gasteiger charge is -2.12. The predicted molar refractivity (Wildman–Crippen MR) is 114 cm³/mol. The van der Waals surface area contributed by atoms with Crippen LogP contribution in [0.1, 0.15) is 38.0 Å². The number of rotatable bonds is 2. The minimum absolute atomic E-state index is 0.105. The molecule has 0 bridgehead atoms. The van der Waals surface area contributed by atoms with Crippen molar-refractivity contribution in [1.29, 1.82) is 0 Å². The molecule has 1 aromatic heterocycles. The van der Waals surface area contributed by atoms with Gasteiger partial charge in [-0.3, -0.25) is 0 Å². The molecule has 0 radical (unpaired) electrons.